The lowest BCUT2D eigenvalue weighted by atomic mass is 10.1. The number of hydrogen-bond donors (Lipinski definition) is 0. The molecule has 0 radical (unpaired) electrons. The van der Waals surface area contributed by atoms with Crippen molar-refractivity contribution in [1.82, 2.24) is 4.57 Å². The second-order valence-electron chi connectivity index (χ2n) is 4.12. The van der Waals surface area contributed by atoms with Gasteiger partial charge in [0.2, 0.25) is 0 Å². The minimum atomic E-state index is 1.15. The zero-order valence-electron chi connectivity index (χ0n) is 8.48. The Hall–Kier alpha value is -0.280. The van der Waals surface area contributed by atoms with E-state index >= 15 is 0 Å². The summed E-state index contributed by atoms with van der Waals surface area (Å²) >= 11 is 7.21. The summed E-state index contributed by atoms with van der Waals surface area (Å²) in [5.74, 6) is 0. The van der Waals surface area contributed by atoms with E-state index in [1.165, 1.54) is 40.3 Å². The molecule has 0 N–H and O–H groups in total. The maximum atomic E-state index is 3.65. The third-order valence-corrected chi connectivity index (χ3v) is 4.34. The molecule has 2 aromatic rings. The van der Waals surface area contributed by atoms with Crippen molar-refractivity contribution in [3.63, 3.8) is 0 Å². The Morgan fingerprint density at radius 3 is 2.80 bits per heavy atom. The average molecular weight is 329 g/mol. The fourth-order valence-electron chi connectivity index (χ4n) is 2.66. The molecule has 0 spiro atoms. The molecule has 0 saturated carbocycles. The van der Waals surface area contributed by atoms with Crippen LogP contribution in [0.25, 0.3) is 10.9 Å². The Kier molecular flexibility index (Phi) is 2.22. The van der Waals surface area contributed by atoms with Crippen LogP contribution in [0, 0.1) is 0 Å². The van der Waals surface area contributed by atoms with E-state index in [4.69, 9.17) is 0 Å². The first-order valence-corrected chi connectivity index (χ1v) is 6.72. The van der Waals surface area contributed by atoms with E-state index in [9.17, 15) is 0 Å². The Morgan fingerprint density at radius 1 is 1.20 bits per heavy atom. The van der Waals surface area contributed by atoms with E-state index in [0.29, 0.717) is 0 Å². The molecule has 0 saturated heterocycles. The Morgan fingerprint density at radius 2 is 2.00 bits per heavy atom. The number of fused-ring (bicyclic) bond motifs is 3. The zero-order chi connectivity index (χ0) is 10.6. The first-order chi connectivity index (χ1) is 7.18. The van der Waals surface area contributed by atoms with Crippen LogP contribution >= 0.6 is 31.9 Å². The molecule has 78 valence electrons. The van der Waals surface area contributed by atoms with E-state index in [0.717, 1.165) is 4.47 Å². The molecular formula is C12H11Br2N. The average Bonchev–Trinajstić information content (AvgIpc) is 2.70. The van der Waals surface area contributed by atoms with E-state index in [1.54, 1.807) is 5.56 Å². The van der Waals surface area contributed by atoms with Crippen molar-refractivity contribution in [2.24, 2.45) is 7.05 Å². The third kappa shape index (κ3) is 1.32. The van der Waals surface area contributed by atoms with Crippen LogP contribution in [0.3, 0.4) is 0 Å². The number of aromatic nitrogens is 1. The Bertz CT molecular complexity index is 554. The van der Waals surface area contributed by atoms with Gasteiger partial charge in [-0.2, -0.15) is 0 Å². The van der Waals surface area contributed by atoms with Crippen molar-refractivity contribution >= 4 is 42.8 Å². The van der Waals surface area contributed by atoms with Gasteiger partial charge in [-0.15, -0.1) is 0 Å². The molecule has 1 aliphatic carbocycles. The van der Waals surface area contributed by atoms with Gasteiger partial charge in [-0.05, 0) is 52.9 Å². The molecule has 1 heterocycles. The molecule has 0 fully saturated rings. The molecule has 1 aliphatic rings. The minimum Gasteiger partial charge on any atom is -0.346 e. The Balaban J connectivity index is 2.50. The molecule has 0 bridgehead atoms. The van der Waals surface area contributed by atoms with Gasteiger partial charge in [0.1, 0.15) is 0 Å². The second kappa shape index (κ2) is 3.36. The molecule has 3 rings (SSSR count). The largest absolute Gasteiger partial charge is 0.346 e. The van der Waals surface area contributed by atoms with Crippen LogP contribution < -0.4 is 0 Å². The summed E-state index contributed by atoms with van der Waals surface area (Å²) in [4.78, 5) is 0. The van der Waals surface area contributed by atoms with Crippen LogP contribution in [0.15, 0.2) is 21.1 Å². The fourth-order valence-corrected chi connectivity index (χ4v) is 4.15. The lowest BCUT2D eigenvalue weighted by Gasteiger charge is -2.03. The normalized spacial score (nSPS) is 14.9. The van der Waals surface area contributed by atoms with Gasteiger partial charge in [0.15, 0.2) is 0 Å². The highest BCUT2D eigenvalue weighted by molar-refractivity contribution is 9.11. The van der Waals surface area contributed by atoms with Crippen molar-refractivity contribution in [2.45, 2.75) is 19.3 Å². The van der Waals surface area contributed by atoms with Gasteiger partial charge < -0.3 is 4.57 Å². The van der Waals surface area contributed by atoms with Crippen molar-refractivity contribution in [1.29, 1.82) is 0 Å². The summed E-state index contributed by atoms with van der Waals surface area (Å²) in [6.45, 7) is 0. The highest BCUT2D eigenvalue weighted by Gasteiger charge is 2.21. The molecule has 0 unspecified atom stereocenters. The van der Waals surface area contributed by atoms with Crippen molar-refractivity contribution in [3.05, 3.63) is 32.3 Å². The maximum Gasteiger partial charge on any atom is 0.0627 e. The van der Waals surface area contributed by atoms with Crippen LogP contribution in [0.4, 0.5) is 0 Å². The SMILES string of the molecule is Cn1c2c(c3cc(Br)cc(Br)c31)CCC2. The summed E-state index contributed by atoms with van der Waals surface area (Å²) in [7, 11) is 2.17. The summed E-state index contributed by atoms with van der Waals surface area (Å²) in [5.41, 5.74) is 4.40. The molecule has 0 atom stereocenters. The van der Waals surface area contributed by atoms with Crippen LogP contribution in [0.5, 0.6) is 0 Å². The molecule has 15 heavy (non-hydrogen) atoms. The lowest BCUT2D eigenvalue weighted by molar-refractivity contribution is 0.830. The molecule has 0 amide bonds. The number of aryl methyl sites for hydroxylation is 2. The molecular weight excluding hydrogens is 318 g/mol. The molecule has 1 aromatic heterocycles. The van der Waals surface area contributed by atoms with Crippen molar-refractivity contribution in [2.75, 3.05) is 0 Å². The van der Waals surface area contributed by atoms with Crippen LogP contribution in [0.1, 0.15) is 17.7 Å². The standard InChI is InChI=1S/C12H11Br2N/c1-15-11-4-2-3-8(11)9-5-7(13)6-10(14)12(9)15/h5-6H,2-4H2,1H3. The predicted molar refractivity (Wildman–Crippen MR) is 70.3 cm³/mol. The Labute approximate surface area is 106 Å². The van der Waals surface area contributed by atoms with E-state index in [2.05, 4.69) is 55.6 Å². The minimum absolute atomic E-state index is 1.15. The smallest absolute Gasteiger partial charge is 0.0627 e. The van der Waals surface area contributed by atoms with E-state index in [1.807, 2.05) is 0 Å². The summed E-state index contributed by atoms with van der Waals surface area (Å²) in [6.07, 6.45) is 3.76. The fraction of sp³-hybridized carbons (Fsp3) is 0.333. The van der Waals surface area contributed by atoms with Gasteiger partial charge in [0.25, 0.3) is 0 Å². The quantitative estimate of drug-likeness (QED) is 0.683. The van der Waals surface area contributed by atoms with Crippen LogP contribution in [-0.2, 0) is 19.9 Å². The molecule has 1 aromatic carbocycles. The summed E-state index contributed by atoms with van der Waals surface area (Å²) in [6, 6.07) is 4.36. The molecule has 0 aliphatic heterocycles. The zero-order valence-corrected chi connectivity index (χ0v) is 11.7. The van der Waals surface area contributed by atoms with Gasteiger partial charge in [-0.3, -0.25) is 0 Å². The van der Waals surface area contributed by atoms with E-state index in [-0.39, 0.29) is 0 Å². The molecule has 1 nitrogen and oxygen atoms in total. The van der Waals surface area contributed by atoms with Gasteiger partial charge in [0, 0.05) is 27.1 Å². The highest BCUT2D eigenvalue weighted by Crippen LogP contribution is 2.37. The number of rotatable bonds is 0. The lowest BCUT2D eigenvalue weighted by Crippen LogP contribution is -1.93. The topological polar surface area (TPSA) is 4.93 Å². The summed E-state index contributed by atoms with van der Waals surface area (Å²) < 4.78 is 4.68. The first-order valence-electron chi connectivity index (χ1n) is 5.13. The number of nitrogens with zero attached hydrogens (tertiary/aromatic N) is 1. The third-order valence-electron chi connectivity index (χ3n) is 3.28. The number of benzene rings is 1. The van der Waals surface area contributed by atoms with E-state index < -0.39 is 0 Å². The monoisotopic (exact) mass is 327 g/mol. The van der Waals surface area contributed by atoms with Crippen molar-refractivity contribution in [3.8, 4) is 0 Å². The van der Waals surface area contributed by atoms with Gasteiger partial charge in [-0.1, -0.05) is 15.9 Å². The molecule has 3 heteroatoms. The van der Waals surface area contributed by atoms with Gasteiger partial charge in [-0.25, -0.2) is 0 Å². The van der Waals surface area contributed by atoms with Crippen LogP contribution in [0.2, 0.25) is 0 Å². The maximum absolute atomic E-state index is 3.65. The number of halogens is 2. The first kappa shape index (κ1) is 9.91. The van der Waals surface area contributed by atoms with Crippen LogP contribution in [-0.4, -0.2) is 4.57 Å². The highest BCUT2D eigenvalue weighted by atomic mass is 79.9. The van der Waals surface area contributed by atoms with Gasteiger partial charge in [0.05, 0.1) is 5.52 Å². The predicted octanol–water partition coefficient (Wildman–Crippen LogP) is 4.19. The second-order valence-corrected chi connectivity index (χ2v) is 5.89. The summed E-state index contributed by atoms with van der Waals surface area (Å²) in [5, 5.41) is 1.41. The number of hydrogen-bond acceptors (Lipinski definition) is 0. The van der Waals surface area contributed by atoms with Crippen molar-refractivity contribution < 1.29 is 0 Å². The van der Waals surface area contributed by atoms with Gasteiger partial charge >= 0.3 is 0 Å².